The summed E-state index contributed by atoms with van der Waals surface area (Å²) in [6, 6.07) is 0. The van der Waals surface area contributed by atoms with Crippen LogP contribution in [-0.2, 0) is 19.2 Å². The van der Waals surface area contributed by atoms with E-state index in [2.05, 4.69) is 37.4 Å². The third-order valence-electron chi connectivity index (χ3n) is 0.703. The quantitative estimate of drug-likeness (QED) is 0.419. The molecule has 0 bridgehead atoms. The summed E-state index contributed by atoms with van der Waals surface area (Å²) in [6.07, 6.45) is 7.35. The molecule has 7 heavy (non-hydrogen) atoms. The van der Waals surface area contributed by atoms with E-state index in [1.807, 2.05) is 0 Å². The second-order valence-electron chi connectivity index (χ2n) is 1.21. The molecule has 0 atom stereocenters. The van der Waals surface area contributed by atoms with Gasteiger partial charge in [-0.15, -0.1) is 0 Å². The summed E-state index contributed by atoms with van der Waals surface area (Å²) in [6.45, 7) is 0. The number of halogens is 1. The molecule has 0 unspecified atom stereocenters. The maximum atomic E-state index is 3.10. The van der Waals surface area contributed by atoms with Gasteiger partial charge in [0, 0.05) is 0 Å². The fourth-order valence-corrected chi connectivity index (χ4v) is 0.741. The normalized spacial score (nSPS) is 16.0. The molecular formula is C5H5ClPd. The minimum atomic E-state index is 0. The molecule has 0 heterocycles. The standard InChI is InChI=1S/C5H5.ClH.Pd/c1-2-4-5-3-1;;/h1-3H,4H2;1H;/q;;+1/p-1. The molecular weight excluding hydrogens is 202 g/mol. The van der Waals surface area contributed by atoms with Gasteiger partial charge in [-0.1, -0.05) is 0 Å². The van der Waals surface area contributed by atoms with E-state index >= 15 is 0 Å². The topological polar surface area (TPSA) is 0 Å². The fourth-order valence-electron chi connectivity index (χ4n) is 0.408. The van der Waals surface area contributed by atoms with Gasteiger partial charge in [0.25, 0.3) is 0 Å². The molecule has 0 amide bonds. The Labute approximate surface area is 60.5 Å². The molecule has 1 aliphatic rings. The first kappa shape index (κ1) is 7.43. The summed E-state index contributed by atoms with van der Waals surface area (Å²) in [5, 5.41) is 0. The van der Waals surface area contributed by atoms with Crippen molar-refractivity contribution in [2.24, 2.45) is 0 Å². The maximum absolute atomic E-state index is 3.10. The zero-order valence-electron chi connectivity index (χ0n) is 3.63. The van der Waals surface area contributed by atoms with Crippen molar-refractivity contribution in [3.63, 3.8) is 0 Å². The molecule has 0 fully saturated rings. The molecule has 0 aliphatic heterocycles. The Hall–Kier alpha value is 0.432. The second-order valence-corrected chi connectivity index (χ2v) is 2.20. The Kier molecular flexibility index (Phi) is 3.65. The van der Waals surface area contributed by atoms with Crippen LogP contribution in [0.4, 0.5) is 0 Å². The predicted octanol–water partition coefficient (Wildman–Crippen LogP) is -1.62. The Morgan fingerprint density at radius 3 is 2.43 bits per heavy atom. The van der Waals surface area contributed by atoms with Gasteiger partial charge < -0.3 is 12.4 Å². The fraction of sp³-hybridized carbons (Fsp3) is 0.200. The van der Waals surface area contributed by atoms with Crippen LogP contribution in [0.15, 0.2) is 22.3 Å². The Balaban J connectivity index is 0.000000360. The third-order valence-corrected chi connectivity index (χ3v) is 1.28. The van der Waals surface area contributed by atoms with E-state index in [1.54, 1.807) is 0 Å². The van der Waals surface area contributed by atoms with Gasteiger partial charge in [-0.2, -0.15) is 0 Å². The summed E-state index contributed by atoms with van der Waals surface area (Å²) in [5.41, 5.74) is 0. The average Bonchev–Trinajstić information content (AvgIpc) is 1.86. The summed E-state index contributed by atoms with van der Waals surface area (Å²) in [4.78, 5) is 0. The molecule has 0 saturated heterocycles. The molecule has 42 valence electrons. The Morgan fingerprint density at radius 2 is 2.29 bits per heavy atom. The van der Waals surface area contributed by atoms with Crippen LogP contribution in [0.5, 0.6) is 0 Å². The van der Waals surface area contributed by atoms with Gasteiger partial charge in [0.05, 0.1) is 0 Å². The molecule has 0 aromatic carbocycles. The monoisotopic (exact) mass is 206 g/mol. The predicted molar refractivity (Wildman–Crippen MR) is 21.8 cm³/mol. The van der Waals surface area contributed by atoms with Crippen LogP contribution in [0.2, 0.25) is 0 Å². The van der Waals surface area contributed by atoms with Crippen molar-refractivity contribution in [3.05, 3.63) is 22.3 Å². The van der Waals surface area contributed by atoms with Crippen LogP contribution >= 0.6 is 0 Å². The first-order valence-corrected chi connectivity index (χ1v) is 2.65. The molecule has 0 aromatic rings. The van der Waals surface area contributed by atoms with E-state index in [0.717, 1.165) is 6.42 Å². The van der Waals surface area contributed by atoms with Gasteiger partial charge in [0.2, 0.25) is 0 Å². The van der Waals surface area contributed by atoms with Crippen molar-refractivity contribution in [1.29, 1.82) is 0 Å². The van der Waals surface area contributed by atoms with Crippen LogP contribution in [-0.4, -0.2) is 0 Å². The molecule has 0 nitrogen and oxygen atoms in total. The molecule has 0 aromatic heterocycles. The zero-order valence-corrected chi connectivity index (χ0v) is 5.94. The van der Waals surface area contributed by atoms with E-state index < -0.39 is 0 Å². The zero-order chi connectivity index (χ0) is 4.41. The van der Waals surface area contributed by atoms with Crippen LogP contribution < -0.4 is 12.4 Å². The molecule has 1 aliphatic carbocycles. The van der Waals surface area contributed by atoms with Crippen molar-refractivity contribution < 1.29 is 31.6 Å². The second kappa shape index (κ2) is 3.44. The molecule has 0 N–H and O–H groups in total. The van der Waals surface area contributed by atoms with Gasteiger partial charge >= 0.3 is 47.9 Å². The van der Waals surface area contributed by atoms with Gasteiger partial charge in [0.15, 0.2) is 0 Å². The van der Waals surface area contributed by atoms with Crippen molar-refractivity contribution in [3.8, 4) is 0 Å². The van der Waals surface area contributed by atoms with Crippen LogP contribution in [0.1, 0.15) is 6.42 Å². The van der Waals surface area contributed by atoms with Crippen LogP contribution in [0.3, 0.4) is 0 Å². The summed E-state index contributed by atoms with van der Waals surface area (Å²) < 4.78 is 1.32. The number of hydrogen-bond acceptors (Lipinski definition) is 0. The minimum absolute atomic E-state index is 0. The first-order valence-electron chi connectivity index (χ1n) is 1.88. The van der Waals surface area contributed by atoms with E-state index in [4.69, 9.17) is 0 Å². The van der Waals surface area contributed by atoms with Gasteiger partial charge in [-0.3, -0.25) is 0 Å². The molecule has 0 radical (unpaired) electrons. The third kappa shape index (κ3) is 2.29. The van der Waals surface area contributed by atoms with E-state index in [9.17, 15) is 0 Å². The van der Waals surface area contributed by atoms with Crippen molar-refractivity contribution in [2.45, 2.75) is 6.42 Å². The van der Waals surface area contributed by atoms with E-state index in [-0.39, 0.29) is 12.4 Å². The summed E-state index contributed by atoms with van der Waals surface area (Å²) >= 11 is 3.10. The van der Waals surface area contributed by atoms with Crippen molar-refractivity contribution in [1.82, 2.24) is 0 Å². The van der Waals surface area contributed by atoms with Crippen LogP contribution in [0.25, 0.3) is 0 Å². The van der Waals surface area contributed by atoms with Gasteiger partial charge in [-0.25, -0.2) is 0 Å². The molecule has 1 rings (SSSR count). The van der Waals surface area contributed by atoms with Crippen LogP contribution in [0, 0.1) is 0 Å². The number of allylic oxidation sites excluding steroid dienone is 4. The summed E-state index contributed by atoms with van der Waals surface area (Å²) in [5.74, 6) is 0. The SMILES string of the molecule is [Cl-].[Pd+][C]1=CC=CC1. The van der Waals surface area contributed by atoms with Crippen molar-refractivity contribution in [2.75, 3.05) is 0 Å². The first-order chi connectivity index (χ1) is 2.89. The summed E-state index contributed by atoms with van der Waals surface area (Å²) in [7, 11) is 0. The molecule has 0 saturated carbocycles. The van der Waals surface area contributed by atoms with Crippen molar-refractivity contribution >= 4 is 0 Å². The number of hydrogen-bond donors (Lipinski definition) is 0. The average molecular weight is 207 g/mol. The molecule has 2 heteroatoms. The molecule has 0 spiro atoms. The van der Waals surface area contributed by atoms with Gasteiger partial charge in [-0.05, 0) is 0 Å². The van der Waals surface area contributed by atoms with Gasteiger partial charge in [0.1, 0.15) is 0 Å². The Morgan fingerprint density at radius 1 is 1.57 bits per heavy atom. The van der Waals surface area contributed by atoms with E-state index in [1.165, 1.54) is 4.05 Å². The van der Waals surface area contributed by atoms with E-state index in [0.29, 0.717) is 0 Å². The Bertz CT molecular complexity index is 105. The number of rotatable bonds is 0.